The fraction of sp³-hybridized carbons (Fsp3) is 0.364. The van der Waals surface area contributed by atoms with E-state index in [1.165, 1.54) is 4.90 Å². The van der Waals surface area contributed by atoms with Crippen molar-refractivity contribution < 1.29 is 14.3 Å². The van der Waals surface area contributed by atoms with Crippen LogP contribution < -0.4 is 0 Å². The minimum atomic E-state index is -1.17. The molecule has 1 saturated heterocycles. The van der Waals surface area contributed by atoms with E-state index in [-0.39, 0.29) is 18.4 Å². The van der Waals surface area contributed by atoms with Crippen molar-refractivity contribution in [3.05, 3.63) is 101 Å². The predicted octanol–water partition coefficient (Wildman–Crippen LogP) is 6.34. The maximum absolute atomic E-state index is 14.5. The normalized spacial score (nSPS) is 19.6. The summed E-state index contributed by atoms with van der Waals surface area (Å²) in [5.74, 6) is -0.780. The summed E-state index contributed by atoms with van der Waals surface area (Å²) in [6, 6.07) is 25.0. The molecule has 1 aliphatic heterocycles. The number of hydrogen-bond donors (Lipinski definition) is 0. The Labute approximate surface area is 238 Å². The highest BCUT2D eigenvalue weighted by molar-refractivity contribution is 6.76. The number of nitrogens with zero attached hydrogens (tertiary/aromatic N) is 3. The summed E-state index contributed by atoms with van der Waals surface area (Å²) >= 11 is 0. The van der Waals surface area contributed by atoms with Gasteiger partial charge in [-0.3, -0.25) is 14.5 Å². The van der Waals surface area contributed by atoms with Crippen LogP contribution in [0.3, 0.4) is 0 Å². The molecule has 0 radical (unpaired) electrons. The number of hydrogen-bond acceptors (Lipinski definition) is 4. The van der Waals surface area contributed by atoms with Gasteiger partial charge in [-0.1, -0.05) is 87.2 Å². The third-order valence-electron chi connectivity index (χ3n) is 8.19. The van der Waals surface area contributed by atoms with Crippen LogP contribution in [0.4, 0.5) is 0 Å². The highest BCUT2D eigenvalue weighted by Gasteiger charge is 2.58. The second kappa shape index (κ2) is 11.1. The Kier molecular flexibility index (Phi) is 7.80. The number of likely N-dealkylation sites (tertiary alicyclic amines) is 1. The third kappa shape index (κ3) is 5.40. The zero-order valence-corrected chi connectivity index (χ0v) is 25.2. The number of amides is 2. The van der Waals surface area contributed by atoms with Crippen LogP contribution in [0.1, 0.15) is 29.2 Å². The standard InChI is InChI=1S/C33H39N3O3Si/c1-24-18-30-28(21-34-36(30)23-39-16-17-40(3,4)5)19-29(24)33(20-26-12-8-6-9-13-26)25(2)31(37)35(32(33)38)22-27-14-10-7-11-15-27/h6-15,18-19,21,25H,16-17,20,22-23H2,1-5H3. The van der Waals surface area contributed by atoms with Crippen molar-refractivity contribution in [2.75, 3.05) is 6.61 Å². The Morgan fingerprint density at radius 3 is 2.25 bits per heavy atom. The minimum Gasteiger partial charge on any atom is -0.360 e. The lowest BCUT2D eigenvalue weighted by atomic mass is 9.67. The van der Waals surface area contributed by atoms with Crippen LogP contribution in [0.2, 0.25) is 25.7 Å². The second-order valence-corrected chi connectivity index (χ2v) is 17.9. The highest BCUT2D eigenvalue weighted by Crippen LogP contribution is 2.46. The van der Waals surface area contributed by atoms with Gasteiger partial charge in [-0.05, 0) is 53.8 Å². The van der Waals surface area contributed by atoms with Crippen molar-refractivity contribution in [3.63, 3.8) is 0 Å². The summed E-state index contributed by atoms with van der Waals surface area (Å²) in [7, 11) is -1.17. The van der Waals surface area contributed by atoms with Gasteiger partial charge < -0.3 is 4.74 Å². The van der Waals surface area contributed by atoms with Crippen molar-refractivity contribution in [2.24, 2.45) is 5.92 Å². The van der Waals surface area contributed by atoms with Crippen LogP contribution in [-0.2, 0) is 39.4 Å². The average molecular weight is 554 g/mol. The van der Waals surface area contributed by atoms with Crippen molar-refractivity contribution in [1.29, 1.82) is 0 Å². The molecule has 4 aromatic rings. The topological polar surface area (TPSA) is 64.4 Å². The molecule has 1 aromatic heterocycles. The molecular formula is C33H39N3O3Si. The Balaban J connectivity index is 1.54. The van der Waals surface area contributed by atoms with E-state index in [4.69, 9.17) is 4.74 Å². The number of benzene rings is 3. The molecule has 208 valence electrons. The molecule has 6 nitrogen and oxygen atoms in total. The maximum Gasteiger partial charge on any atom is 0.241 e. The maximum atomic E-state index is 14.5. The summed E-state index contributed by atoms with van der Waals surface area (Å²) in [5.41, 5.74) is 3.79. The predicted molar refractivity (Wildman–Crippen MR) is 162 cm³/mol. The van der Waals surface area contributed by atoms with Crippen molar-refractivity contribution in [3.8, 4) is 0 Å². The first-order chi connectivity index (χ1) is 19.1. The lowest BCUT2D eigenvalue weighted by Gasteiger charge is -2.32. The first-order valence-electron chi connectivity index (χ1n) is 14.1. The molecule has 2 atom stereocenters. The smallest absolute Gasteiger partial charge is 0.241 e. The molecule has 2 amide bonds. The van der Waals surface area contributed by atoms with Gasteiger partial charge in [0, 0.05) is 20.1 Å². The van der Waals surface area contributed by atoms with Gasteiger partial charge in [-0.2, -0.15) is 5.10 Å². The lowest BCUT2D eigenvalue weighted by Crippen LogP contribution is -2.42. The van der Waals surface area contributed by atoms with E-state index in [2.05, 4.69) is 36.9 Å². The highest BCUT2D eigenvalue weighted by atomic mass is 28.3. The van der Waals surface area contributed by atoms with Crippen molar-refractivity contribution in [2.45, 2.75) is 64.6 Å². The Morgan fingerprint density at radius 1 is 0.950 bits per heavy atom. The van der Waals surface area contributed by atoms with Gasteiger partial charge in [-0.25, -0.2) is 4.68 Å². The molecule has 40 heavy (non-hydrogen) atoms. The van der Waals surface area contributed by atoms with Gasteiger partial charge in [0.05, 0.1) is 29.6 Å². The molecule has 0 saturated carbocycles. The second-order valence-electron chi connectivity index (χ2n) is 12.3. The lowest BCUT2D eigenvalue weighted by molar-refractivity contribution is -0.141. The van der Waals surface area contributed by atoms with Crippen molar-refractivity contribution in [1.82, 2.24) is 14.7 Å². The summed E-state index contributed by atoms with van der Waals surface area (Å²) < 4.78 is 7.86. The fourth-order valence-corrected chi connectivity index (χ4v) is 6.58. The Hall–Kier alpha value is -3.55. The van der Waals surface area contributed by atoms with E-state index < -0.39 is 19.4 Å². The molecule has 2 unspecified atom stereocenters. The molecule has 0 bridgehead atoms. The molecule has 3 aromatic carbocycles. The van der Waals surface area contributed by atoms with Gasteiger partial charge in [0.2, 0.25) is 11.8 Å². The number of rotatable bonds is 10. The zero-order valence-electron chi connectivity index (χ0n) is 24.2. The van der Waals surface area contributed by atoms with Gasteiger partial charge in [0.15, 0.2) is 0 Å². The molecule has 7 heteroatoms. The molecule has 1 fully saturated rings. The van der Waals surface area contributed by atoms with Crippen LogP contribution in [0.15, 0.2) is 79.0 Å². The summed E-state index contributed by atoms with van der Waals surface area (Å²) in [6.45, 7) is 12.4. The van der Waals surface area contributed by atoms with Gasteiger partial charge in [0.25, 0.3) is 0 Å². The van der Waals surface area contributed by atoms with Gasteiger partial charge in [-0.15, -0.1) is 0 Å². The molecule has 2 heterocycles. The molecular weight excluding hydrogens is 514 g/mol. The van der Waals surface area contributed by atoms with E-state index in [1.54, 1.807) is 0 Å². The average Bonchev–Trinajstić information content (AvgIpc) is 3.40. The molecule has 5 rings (SSSR count). The van der Waals surface area contributed by atoms with E-state index in [1.807, 2.05) is 85.4 Å². The third-order valence-corrected chi connectivity index (χ3v) is 9.89. The first kappa shape index (κ1) is 28.0. The van der Waals surface area contributed by atoms with E-state index in [0.29, 0.717) is 13.2 Å². The largest absolute Gasteiger partial charge is 0.360 e. The van der Waals surface area contributed by atoms with Gasteiger partial charge >= 0.3 is 0 Å². The van der Waals surface area contributed by atoms with Crippen molar-refractivity contribution >= 4 is 30.8 Å². The van der Waals surface area contributed by atoms with Crippen LogP contribution in [0, 0.1) is 12.8 Å². The minimum absolute atomic E-state index is 0.129. The quantitative estimate of drug-likeness (QED) is 0.131. The number of carbonyl (C=O) groups is 2. The summed E-state index contributed by atoms with van der Waals surface area (Å²) in [5, 5.41) is 5.55. The molecule has 1 aliphatic rings. The summed E-state index contributed by atoms with van der Waals surface area (Å²) in [6.07, 6.45) is 2.29. The van der Waals surface area contributed by atoms with Crippen LogP contribution in [0.25, 0.3) is 10.9 Å². The summed E-state index contributed by atoms with van der Waals surface area (Å²) in [4.78, 5) is 29.7. The Bertz CT molecular complexity index is 1510. The molecule has 0 N–H and O–H groups in total. The van der Waals surface area contributed by atoms with Crippen LogP contribution in [-0.4, -0.2) is 41.2 Å². The number of fused-ring (bicyclic) bond motifs is 1. The number of carbonyl (C=O) groups excluding carboxylic acids is 2. The number of aryl methyl sites for hydroxylation is 1. The molecule has 0 spiro atoms. The van der Waals surface area contributed by atoms with Crippen LogP contribution in [0.5, 0.6) is 0 Å². The van der Waals surface area contributed by atoms with E-state index >= 15 is 0 Å². The van der Waals surface area contributed by atoms with Gasteiger partial charge in [0.1, 0.15) is 6.73 Å². The number of ether oxygens (including phenoxy) is 1. The molecule has 0 aliphatic carbocycles. The van der Waals surface area contributed by atoms with Crippen LogP contribution >= 0.6 is 0 Å². The number of imide groups is 1. The Morgan fingerprint density at radius 2 is 1.60 bits per heavy atom. The van der Waals surface area contributed by atoms with E-state index in [0.717, 1.165) is 45.8 Å². The number of aromatic nitrogens is 2. The van der Waals surface area contributed by atoms with E-state index in [9.17, 15) is 9.59 Å². The first-order valence-corrected chi connectivity index (χ1v) is 17.8. The zero-order chi connectivity index (χ0) is 28.5. The fourth-order valence-electron chi connectivity index (χ4n) is 5.82. The SMILES string of the molecule is Cc1cc2c(cnn2COCC[Si](C)(C)C)cc1C1(Cc2ccccc2)C(=O)N(Cc2ccccc2)C(=O)C1C. The monoisotopic (exact) mass is 553 g/mol.